The van der Waals surface area contributed by atoms with E-state index in [0.717, 1.165) is 26.3 Å². The molecule has 1 saturated carbocycles. The van der Waals surface area contributed by atoms with Crippen LogP contribution in [0.4, 0.5) is 27.9 Å². The van der Waals surface area contributed by atoms with E-state index in [1.54, 1.807) is 4.57 Å². The van der Waals surface area contributed by atoms with Crippen LogP contribution in [0.25, 0.3) is 11.0 Å². The number of nitrogens with zero attached hydrogens (tertiary/aromatic N) is 3. The van der Waals surface area contributed by atoms with Gasteiger partial charge in [0.25, 0.3) is 0 Å². The molecule has 162 valence electrons. The lowest BCUT2D eigenvalue weighted by molar-refractivity contribution is -0.213. The molecule has 11 heteroatoms. The maximum atomic E-state index is 13.1. The molecule has 1 aromatic carbocycles. The number of hydrogen-bond donors (Lipinski definition) is 1. The number of aromatic nitrogens is 2. The fraction of sp³-hybridized carbons (Fsp3) is 0.526. The number of imidazole rings is 1. The molecular formula is C19H19F5N4O2. The first-order valence-electron chi connectivity index (χ1n) is 9.20. The molecule has 1 fully saturated rings. The van der Waals surface area contributed by atoms with E-state index in [9.17, 15) is 32.0 Å². The van der Waals surface area contributed by atoms with E-state index in [4.69, 9.17) is 0 Å². The van der Waals surface area contributed by atoms with Crippen molar-refractivity contribution in [3.8, 4) is 11.8 Å². The maximum Gasteiger partial charge on any atom is 0.394 e. The SMILES string of the molecule is CC(C)(CC(=O)Nc1nc2c(OC(F)F)cc(C#N)cc2n1C1CCC1)C(F)(F)F. The van der Waals surface area contributed by atoms with Gasteiger partial charge in [-0.2, -0.15) is 27.2 Å². The molecule has 2 aromatic rings. The Morgan fingerprint density at radius 2 is 2.03 bits per heavy atom. The number of nitriles is 1. The Hall–Kier alpha value is -2.90. The van der Waals surface area contributed by atoms with Crippen molar-refractivity contribution in [2.75, 3.05) is 5.32 Å². The zero-order chi connectivity index (χ0) is 22.3. The monoisotopic (exact) mass is 430 g/mol. The van der Waals surface area contributed by atoms with Crippen LogP contribution in [0, 0.1) is 16.7 Å². The molecular weight excluding hydrogens is 411 g/mol. The highest BCUT2D eigenvalue weighted by Crippen LogP contribution is 2.42. The second kappa shape index (κ2) is 7.74. The van der Waals surface area contributed by atoms with Crippen molar-refractivity contribution >= 4 is 22.9 Å². The van der Waals surface area contributed by atoms with Gasteiger partial charge >= 0.3 is 12.8 Å². The topological polar surface area (TPSA) is 79.9 Å². The molecule has 1 aliphatic rings. The van der Waals surface area contributed by atoms with Crippen LogP contribution in [-0.2, 0) is 4.79 Å². The van der Waals surface area contributed by atoms with Gasteiger partial charge in [0.15, 0.2) is 5.75 Å². The summed E-state index contributed by atoms with van der Waals surface area (Å²) in [6.45, 7) is -1.34. The fourth-order valence-electron chi connectivity index (χ4n) is 3.19. The molecule has 0 unspecified atom stereocenters. The first-order valence-corrected chi connectivity index (χ1v) is 9.20. The predicted molar refractivity (Wildman–Crippen MR) is 97.1 cm³/mol. The van der Waals surface area contributed by atoms with Gasteiger partial charge in [0, 0.05) is 18.5 Å². The largest absolute Gasteiger partial charge is 0.432 e. The molecule has 1 amide bonds. The Morgan fingerprint density at radius 3 is 2.53 bits per heavy atom. The average Bonchev–Trinajstić information content (AvgIpc) is 2.89. The van der Waals surface area contributed by atoms with Crippen molar-refractivity contribution in [2.24, 2.45) is 5.41 Å². The van der Waals surface area contributed by atoms with Crippen LogP contribution in [0.2, 0.25) is 0 Å². The number of carbonyl (C=O) groups excluding carboxylic acids is 1. The Morgan fingerprint density at radius 1 is 1.37 bits per heavy atom. The molecule has 1 aliphatic carbocycles. The van der Waals surface area contributed by atoms with E-state index in [0.29, 0.717) is 18.4 Å². The number of fused-ring (bicyclic) bond motifs is 1. The highest BCUT2D eigenvalue weighted by atomic mass is 19.4. The van der Waals surface area contributed by atoms with E-state index in [-0.39, 0.29) is 28.8 Å². The van der Waals surface area contributed by atoms with Crippen LogP contribution in [-0.4, -0.2) is 28.2 Å². The van der Waals surface area contributed by atoms with Crippen LogP contribution in [0.15, 0.2) is 12.1 Å². The lowest BCUT2D eigenvalue weighted by Crippen LogP contribution is -2.36. The van der Waals surface area contributed by atoms with E-state index >= 15 is 0 Å². The second-order valence-corrected chi connectivity index (χ2v) is 7.83. The molecule has 0 radical (unpaired) electrons. The number of carbonyl (C=O) groups is 1. The van der Waals surface area contributed by atoms with E-state index in [1.165, 1.54) is 6.07 Å². The van der Waals surface area contributed by atoms with Gasteiger partial charge in [-0.05, 0) is 25.3 Å². The Bertz CT molecular complexity index is 1000. The highest BCUT2D eigenvalue weighted by Gasteiger charge is 2.48. The molecule has 1 aromatic heterocycles. The van der Waals surface area contributed by atoms with Crippen LogP contribution in [0.1, 0.15) is 51.1 Å². The number of halogens is 5. The van der Waals surface area contributed by atoms with Crippen molar-refractivity contribution in [3.05, 3.63) is 17.7 Å². The third-order valence-electron chi connectivity index (χ3n) is 5.17. The minimum atomic E-state index is -4.58. The third kappa shape index (κ3) is 4.17. The minimum absolute atomic E-state index is 0.00779. The van der Waals surface area contributed by atoms with E-state index in [2.05, 4.69) is 15.0 Å². The summed E-state index contributed by atoms with van der Waals surface area (Å²) in [5, 5.41) is 11.6. The number of benzene rings is 1. The standard InChI is InChI=1S/C19H19F5N4O2/c1-18(2,19(22,23)24)8-14(29)26-17-27-15-12(28(17)11-4-3-5-11)6-10(9-25)7-13(15)30-16(20)21/h6-7,11,16H,3-5,8H2,1-2H3,(H,26,27,29). The van der Waals surface area contributed by atoms with Gasteiger partial charge in [-0.25, -0.2) is 4.98 Å². The van der Waals surface area contributed by atoms with Crippen molar-refractivity contribution in [2.45, 2.75) is 58.4 Å². The number of rotatable bonds is 6. The first-order chi connectivity index (χ1) is 13.9. The number of alkyl halides is 5. The summed E-state index contributed by atoms with van der Waals surface area (Å²) in [6.07, 6.45) is -3.11. The van der Waals surface area contributed by atoms with Crippen molar-refractivity contribution in [1.82, 2.24) is 9.55 Å². The summed E-state index contributed by atoms with van der Waals surface area (Å²) in [4.78, 5) is 16.5. The maximum absolute atomic E-state index is 13.1. The summed E-state index contributed by atoms with van der Waals surface area (Å²) in [7, 11) is 0. The molecule has 0 spiro atoms. The van der Waals surface area contributed by atoms with Gasteiger partial charge in [-0.1, -0.05) is 13.8 Å². The van der Waals surface area contributed by atoms with Gasteiger partial charge in [0.05, 0.1) is 22.6 Å². The van der Waals surface area contributed by atoms with Crippen molar-refractivity contribution in [1.29, 1.82) is 5.26 Å². The number of amides is 1. The smallest absolute Gasteiger partial charge is 0.394 e. The van der Waals surface area contributed by atoms with Gasteiger partial charge in [-0.15, -0.1) is 0 Å². The summed E-state index contributed by atoms with van der Waals surface area (Å²) in [5.74, 6) is -1.32. The molecule has 30 heavy (non-hydrogen) atoms. The number of ether oxygens (including phenoxy) is 1. The van der Waals surface area contributed by atoms with Gasteiger partial charge in [0.2, 0.25) is 11.9 Å². The number of anilines is 1. The lowest BCUT2D eigenvalue weighted by atomic mass is 9.88. The molecule has 0 atom stereocenters. The van der Waals surface area contributed by atoms with Gasteiger partial charge < -0.3 is 9.30 Å². The third-order valence-corrected chi connectivity index (χ3v) is 5.17. The van der Waals surface area contributed by atoms with Crippen LogP contribution in [0.5, 0.6) is 5.75 Å². The lowest BCUT2D eigenvalue weighted by Gasteiger charge is -2.30. The summed E-state index contributed by atoms with van der Waals surface area (Å²) in [5.41, 5.74) is -1.93. The Balaban J connectivity index is 2.04. The van der Waals surface area contributed by atoms with Gasteiger partial charge in [0.1, 0.15) is 5.52 Å². The molecule has 0 saturated heterocycles. The zero-order valence-corrected chi connectivity index (χ0v) is 16.2. The molecule has 0 aliphatic heterocycles. The molecule has 1 heterocycles. The summed E-state index contributed by atoms with van der Waals surface area (Å²) in [6, 6.07) is 4.25. The first kappa shape index (κ1) is 21.8. The normalized spacial score (nSPS) is 15.2. The fourth-order valence-corrected chi connectivity index (χ4v) is 3.19. The molecule has 3 rings (SSSR count). The second-order valence-electron chi connectivity index (χ2n) is 7.83. The van der Waals surface area contributed by atoms with Crippen molar-refractivity contribution < 1.29 is 31.5 Å². The molecule has 6 nitrogen and oxygen atoms in total. The van der Waals surface area contributed by atoms with Crippen LogP contribution < -0.4 is 10.1 Å². The minimum Gasteiger partial charge on any atom is -0.432 e. The van der Waals surface area contributed by atoms with Crippen LogP contribution in [0.3, 0.4) is 0 Å². The quantitative estimate of drug-likeness (QED) is 0.643. The van der Waals surface area contributed by atoms with E-state index < -0.39 is 30.5 Å². The molecule has 0 bridgehead atoms. The molecule has 1 N–H and O–H groups in total. The number of nitrogens with one attached hydrogen (secondary N) is 1. The van der Waals surface area contributed by atoms with E-state index in [1.807, 2.05) is 6.07 Å². The zero-order valence-electron chi connectivity index (χ0n) is 16.2. The average molecular weight is 430 g/mol. The number of hydrogen-bond acceptors (Lipinski definition) is 4. The Kier molecular flexibility index (Phi) is 5.62. The summed E-state index contributed by atoms with van der Waals surface area (Å²) < 4.78 is 71.0. The van der Waals surface area contributed by atoms with Crippen LogP contribution >= 0.6 is 0 Å². The van der Waals surface area contributed by atoms with Crippen molar-refractivity contribution in [3.63, 3.8) is 0 Å². The Labute approximate surface area is 168 Å². The van der Waals surface area contributed by atoms with Gasteiger partial charge in [-0.3, -0.25) is 10.1 Å². The predicted octanol–water partition coefficient (Wildman–Crippen LogP) is 5.15. The summed E-state index contributed by atoms with van der Waals surface area (Å²) >= 11 is 0. The highest BCUT2D eigenvalue weighted by molar-refractivity contribution is 5.93.